The third-order valence-electron chi connectivity index (χ3n) is 4.66. The van der Waals surface area contributed by atoms with Gasteiger partial charge in [-0.2, -0.15) is 0 Å². The number of rotatable bonds is 7. The van der Waals surface area contributed by atoms with Crippen LogP contribution in [0.3, 0.4) is 0 Å². The Labute approximate surface area is 103 Å². The molecule has 0 aromatic carbocycles. The highest BCUT2D eigenvalue weighted by atomic mass is 14.3. The summed E-state index contributed by atoms with van der Waals surface area (Å²) in [6.07, 6.45) is 14.8. The van der Waals surface area contributed by atoms with Gasteiger partial charge >= 0.3 is 0 Å². The smallest absolute Gasteiger partial charge is 0.0388 e. The average molecular weight is 224 g/mol. The Morgan fingerprint density at radius 2 is 1.62 bits per heavy atom. The monoisotopic (exact) mass is 224 g/mol. The van der Waals surface area contributed by atoms with Crippen molar-refractivity contribution in [2.24, 2.45) is 17.8 Å². The van der Waals surface area contributed by atoms with Gasteiger partial charge in [-0.1, -0.05) is 72.1 Å². The minimum absolute atomic E-state index is 0.988. The molecule has 0 bridgehead atoms. The molecule has 0 heteroatoms. The molecule has 1 unspecified atom stereocenters. The van der Waals surface area contributed by atoms with Gasteiger partial charge < -0.3 is 0 Å². The third kappa shape index (κ3) is 4.89. The second kappa shape index (κ2) is 8.14. The average Bonchev–Trinajstić information content (AvgIpc) is 2.30. The number of unbranched alkanes of at least 4 members (excludes halogenated alkanes) is 2. The second-order valence-electron chi connectivity index (χ2n) is 6.04. The quantitative estimate of drug-likeness (QED) is 0.479. The molecule has 0 N–H and O–H groups in total. The highest BCUT2D eigenvalue weighted by molar-refractivity contribution is 4.76. The fraction of sp³-hybridized carbons (Fsp3) is 1.00. The molecule has 0 amide bonds. The van der Waals surface area contributed by atoms with Gasteiger partial charge in [0.25, 0.3) is 0 Å². The lowest BCUT2D eigenvalue weighted by Crippen LogP contribution is -2.20. The van der Waals surface area contributed by atoms with Gasteiger partial charge in [-0.25, -0.2) is 0 Å². The Hall–Kier alpha value is 0. The Bertz CT molecular complexity index is 153. The summed E-state index contributed by atoms with van der Waals surface area (Å²) in [5.41, 5.74) is 0. The minimum Gasteiger partial charge on any atom is -0.0654 e. The topological polar surface area (TPSA) is 0 Å². The second-order valence-corrected chi connectivity index (χ2v) is 6.04. The predicted octanol–water partition coefficient (Wildman–Crippen LogP) is 5.81. The van der Waals surface area contributed by atoms with Crippen molar-refractivity contribution < 1.29 is 0 Å². The van der Waals surface area contributed by atoms with Crippen LogP contribution in [0.25, 0.3) is 0 Å². The molecule has 0 nitrogen and oxygen atoms in total. The molecular weight excluding hydrogens is 192 g/mol. The fourth-order valence-electron chi connectivity index (χ4n) is 3.42. The van der Waals surface area contributed by atoms with Crippen molar-refractivity contribution in [3.8, 4) is 0 Å². The molecule has 0 aromatic heterocycles. The van der Waals surface area contributed by atoms with Crippen LogP contribution in [-0.2, 0) is 0 Å². The summed E-state index contributed by atoms with van der Waals surface area (Å²) in [7, 11) is 0. The Morgan fingerprint density at radius 1 is 0.938 bits per heavy atom. The van der Waals surface area contributed by atoms with Crippen molar-refractivity contribution in [2.45, 2.75) is 85.0 Å². The van der Waals surface area contributed by atoms with Crippen LogP contribution < -0.4 is 0 Å². The van der Waals surface area contributed by atoms with Gasteiger partial charge in [-0.3, -0.25) is 0 Å². The van der Waals surface area contributed by atoms with E-state index in [2.05, 4.69) is 20.8 Å². The lowest BCUT2D eigenvalue weighted by Gasteiger charge is -2.32. The summed E-state index contributed by atoms with van der Waals surface area (Å²) in [4.78, 5) is 0. The summed E-state index contributed by atoms with van der Waals surface area (Å²) in [6.45, 7) is 7.11. The fourth-order valence-corrected chi connectivity index (χ4v) is 3.42. The lowest BCUT2D eigenvalue weighted by molar-refractivity contribution is 0.198. The van der Waals surface area contributed by atoms with Gasteiger partial charge in [0.2, 0.25) is 0 Å². The van der Waals surface area contributed by atoms with Gasteiger partial charge in [0.15, 0.2) is 0 Å². The third-order valence-corrected chi connectivity index (χ3v) is 4.66. The van der Waals surface area contributed by atoms with Gasteiger partial charge in [0.1, 0.15) is 0 Å². The van der Waals surface area contributed by atoms with E-state index in [-0.39, 0.29) is 0 Å². The zero-order valence-electron chi connectivity index (χ0n) is 11.8. The first-order chi connectivity index (χ1) is 7.77. The van der Waals surface area contributed by atoms with E-state index in [0.717, 1.165) is 17.8 Å². The molecule has 1 aliphatic rings. The first-order valence-electron chi connectivity index (χ1n) is 7.77. The van der Waals surface area contributed by atoms with E-state index >= 15 is 0 Å². The summed E-state index contributed by atoms with van der Waals surface area (Å²) in [5, 5.41) is 0. The first-order valence-corrected chi connectivity index (χ1v) is 7.77. The molecule has 1 saturated carbocycles. The van der Waals surface area contributed by atoms with Gasteiger partial charge in [-0.15, -0.1) is 0 Å². The molecule has 1 aliphatic carbocycles. The molecule has 1 rings (SSSR count). The molecule has 0 heterocycles. The standard InChI is InChI=1S/C16H32/c1-4-6-7-9-15-10-12-16(13-11-15)14(3)8-5-2/h14-16H,4-13H2,1-3H3. The summed E-state index contributed by atoms with van der Waals surface area (Å²) >= 11 is 0. The highest BCUT2D eigenvalue weighted by Crippen LogP contribution is 2.36. The summed E-state index contributed by atoms with van der Waals surface area (Å²) in [6, 6.07) is 0. The highest BCUT2D eigenvalue weighted by Gasteiger charge is 2.24. The molecule has 1 fully saturated rings. The number of hydrogen-bond acceptors (Lipinski definition) is 0. The van der Waals surface area contributed by atoms with E-state index < -0.39 is 0 Å². The molecular formula is C16H32. The Morgan fingerprint density at radius 3 is 2.19 bits per heavy atom. The van der Waals surface area contributed by atoms with E-state index in [0.29, 0.717) is 0 Å². The predicted molar refractivity (Wildman–Crippen MR) is 73.7 cm³/mol. The molecule has 0 saturated heterocycles. The van der Waals surface area contributed by atoms with Crippen LogP contribution in [0, 0.1) is 17.8 Å². The zero-order chi connectivity index (χ0) is 11.8. The molecule has 16 heavy (non-hydrogen) atoms. The molecule has 0 spiro atoms. The minimum atomic E-state index is 0.988. The SMILES string of the molecule is CCCCCC1CCC(C(C)CCC)CC1. The van der Waals surface area contributed by atoms with Crippen molar-refractivity contribution in [1.82, 2.24) is 0 Å². The zero-order valence-corrected chi connectivity index (χ0v) is 11.8. The van der Waals surface area contributed by atoms with Crippen LogP contribution in [0.5, 0.6) is 0 Å². The molecule has 1 atom stereocenters. The Kier molecular flexibility index (Phi) is 7.16. The van der Waals surface area contributed by atoms with Crippen LogP contribution in [0.2, 0.25) is 0 Å². The van der Waals surface area contributed by atoms with Crippen molar-refractivity contribution in [3.05, 3.63) is 0 Å². The summed E-state index contributed by atoms with van der Waals surface area (Å²) < 4.78 is 0. The van der Waals surface area contributed by atoms with Crippen molar-refractivity contribution >= 4 is 0 Å². The van der Waals surface area contributed by atoms with Crippen molar-refractivity contribution in [1.29, 1.82) is 0 Å². The number of hydrogen-bond donors (Lipinski definition) is 0. The molecule has 96 valence electrons. The lowest BCUT2D eigenvalue weighted by atomic mass is 9.74. The van der Waals surface area contributed by atoms with E-state index in [4.69, 9.17) is 0 Å². The van der Waals surface area contributed by atoms with Crippen LogP contribution in [0.1, 0.15) is 85.0 Å². The van der Waals surface area contributed by atoms with E-state index in [1.807, 2.05) is 0 Å². The molecule has 0 aliphatic heterocycles. The summed E-state index contributed by atoms with van der Waals surface area (Å²) in [5.74, 6) is 3.13. The van der Waals surface area contributed by atoms with Crippen LogP contribution in [0.4, 0.5) is 0 Å². The van der Waals surface area contributed by atoms with E-state index in [9.17, 15) is 0 Å². The van der Waals surface area contributed by atoms with Crippen LogP contribution in [-0.4, -0.2) is 0 Å². The first kappa shape index (κ1) is 14.1. The maximum Gasteiger partial charge on any atom is -0.0388 e. The van der Waals surface area contributed by atoms with Crippen LogP contribution >= 0.6 is 0 Å². The van der Waals surface area contributed by atoms with Crippen molar-refractivity contribution in [3.63, 3.8) is 0 Å². The largest absolute Gasteiger partial charge is 0.0654 e. The maximum atomic E-state index is 2.48. The van der Waals surface area contributed by atoms with E-state index in [1.54, 1.807) is 0 Å². The van der Waals surface area contributed by atoms with Crippen LogP contribution in [0.15, 0.2) is 0 Å². The Balaban J connectivity index is 2.13. The molecule has 0 radical (unpaired) electrons. The molecule has 0 aromatic rings. The normalized spacial score (nSPS) is 27.9. The van der Waals surface area contributed by atoms with Gasteiger partial charge in [0.05, 0.1) is 0 Å². The van der Waals surface area contributed by atoms with E-state index in [1.165, 1.54) is 64.2 Å². The van der Waals surface area contributed by atoms with Crippen molar-refractivity contribution in [2.75, 3.05) is 0 Å². The van der Waals surface area contributed by atoms with Gasteiger partial charge in [0, 0.05) is 0 Å². The van der Waals surface area contributed by atoms with Gasteiger partial charge in [-0.05, 0) is 30.6 Å². The maximum absolute atomic E-state index is 2.48.